The molecule has 1 rings (SSSR count). The molecule has 0 radical (unpaired) electrons. The van der Waals surface area contributed by atoms with Crippen molar-refractivity contribution in [2.75, 3.05) is 6.61 Å². The summed E-state index contributed by atoms with van der Waals surface area (Å²) in [5.74, 6) is 15.1. The number of aliphatic hydroxyl groups excluding tert-OH is 1. The molecule has 96 valence electrons. The Kier molecular flexibility index (Phi) is 6.67. The number of rotatable bonds is 3. The first kappa shape index (κ1) is 14.7. The highest BCUT2D eigenvalue weighted by molar-refractivity contribution is 5.91. The van der Waals surface area contributed by atoms with Crippen LogP contribution in [0.1, 0.15) is 19.8 Å². The first-order valence-electron chi connectivity index (χ1n) is 5.87. The molecule has 0 aromatic rings. The van der Waals surface area contributed by atoms with Gasteiger partial charge in [-0.25, -0.2) is 4.79 Å². The Labute approximate surface area is 113 Å². The maximum atomic E-state index is 11.3. The van der Waals surface area contributed by atoms with Crippen LogP contribution in [0, 0.1) is 35.5 Å². The van der Waals surface area contributed by atoms with E-state index in [4.69, 9.17) is 9.84 Å². The van der Waals surface area contributed by atoms with Gasteiger partial charge in [0.05, 0.1) is 0 Å². The standard InChI is InChI=1S/C16H14O3/c1-14-13-15(16(18)19-14)11-9-7-5-3-2-4-6-8-10-12-17/h7,9,13-14,17H,5,11-12H2,1H3/b9-7-/t14-/m0/s1. The Hall–Kier alpha value is -2.41. The van der Waals surface area contributed by atoms with Gasteiger partial charge in [0.25, 0.3) is 0 Å². The number of cyclic esters (lactones) is 1. The van der Waals surface area contributed by atoms with Crippen molar-refractivity contribution in [2.24, 2.45) is 0 Å². The maximum Gasteiger partial charge on any atom is 0.334 e. The van der Waals surface area contributed by atoms with Gasteiger partial charge in [-0.3, -0.25) is 0 Å². The van der Waals surface area contributed by atoms with Gasteiger partial charge >= 0.3 is 5.97 Å². The fourth-order valence-corrected chi connectivity index (χ4v) is 1.38. The highest BCUT2D eigenvalue weighted by atomic mass is 16.5. The molecule has 0 unspecified atom stereocenters. The average molecular weight is 254 g/mol. The van der Waals surface area contributed by atoms with Crippen LogP contribution in [0.25, 0.3) is 0 Å². The summed E-state index contributed by atoms with van der Waals surface area (Å²) in [6, 6.07) is 0. The molecule has 1 aliphatic heterocycles. The smallest absolute Gasteiger partial charge is 0.334 e. The lowest BCUT2D eigenvalue weighted by Gasteiger charge is -1.97. The number of carbonyl (C=O) groups excluding carboxylic acids is 1. The third-order valence-electron chi connectivity index (χ3n) is 2.16. The maximum absolute atomic E-state index is 11.3. The largest absolute Gasteiger partial charge is 0.455 e. The fraction of sp³-hybridized carbons (Fsp3) is 0.312. The first-order valence-corrected chi connectivity index (χ1v) is 5.87. The van der Waals surface area contributed by atoms with E-state index in [-0.39, 0.29) is 18.7 Å². The molecule has 1 atom stereocenters. The van der Waals surface area contributed by atoms with Crippen LogP contribution in [-0.2, 0) is 9.53 Å². The van der Waals surface area contributed by atoms with Crippen molar-refractivity contribution in [3.63, 3.8) is 0 Å². The van der Waals surface area contributed by atoms with Crippen LogP contribution in [0.4, 0.5) is 0 Å². The minimum absolute atomic E-state index is 0.119. The number of esters is 1. The van der Waals surface area contributed by atoms with Gasteiger partial charge in [-0.2, -0.15) is 0 Å². The second-order valence-electron chi connectivity index (χ2n) is 3.69. The van der Waals surface area contributed by atoms with Crippen molar-refractivity contribution in [3.8, 4) is 35.5 Å². The quantitative estimate of drug-likeness (QED) is 0.467. The van der Waals surface area contributed by atoms with Gasteiger partial charge in [0, 0.05) is 12.0 Å². The highest BCUT2D eigenvalue weighted by Gasteiger charge is 2.20. The molecule has 1 heterocycles. The number of carbonyl (C=O) groups is 1. The number of ether oxygens (including phenoxy) is 1. The first-order chi connectivity index (χ1) is 9.24. The van der Waals surface area contributed by atoms with Crippen LogP contribution in [0.3, 0.4) is 0 Å². The third-order valence-corrected chi connectivity index (χ3v) is 2.16. The molecule has 1 aliphatic rings. The molecule has 3 nitrogen and oxygen atoms in total. The molecule has 0 amide bonds. The van der Waals surface area contributed by atoms with Crippen molar-refractivity contribution in [2.45, 2.75) is 25.9 Å². The van der Waals surface area contributed by atoms with Crippen molar-refractivity contribution < 1.29 is 14.6 Å². The Morgan fingerprint density at radius 1 is 1.26 bits per heavy atom. The minimum atomic E-state index is -0.239. The number of aliphatic hydroxyl groups is 1. The summed E-state index contributed by atoms with van der Waals surface area (Å²) < 4.78 is 4.97. The van der Waals surface area contributed by atoms with Gasteiger partial charge in [-0.15, -0.1) is 0 Å². The van der Waals surface area contributed by atoms with E-state index >= 15 is 0 Å². The van der Waals surface area contributed by atoms with Gasteiger partial charge in [-0.05, 0) is 43.1 Å². The summed E-state index contributed by atoms with van der Waals surface area (Å²) in [7, 11) is 0. The Morgan fingerprint density at radius 3 is 2.63 bits per heavy atom. The van der Waals surface area contributed by atoms with Gasteiger partial charge in [0.2, 0.25) is 0 Å². The van der Waals surface area contributed by atoms with Gasteiger partial charge in [-0.1, -0.05) is 24.0 Å². The normalized spacial score (nSPS) is 16.4. The molecular formula is C16H14O3. The summed E-state index contributed by atoms with van der Waals surface area (Å²) in [5, 5.41) is 8.37. The van der Waals surface area contributed by atoms with E-state index in [1.807, 2.05) is 25.2 Å². The molecule has 3 heteroatoms. The molecular weight excluding hydrogens is 240 g/mol. The number of allylic oxidation sites excluding steroid dienone is 2. The predicted molar refractivity (Wildman–Crippen MR) is 72.4 cm³/mol. The fourth-order valence-electron chi connectivity index (χ4n) is 1.38. The second-order valence-corrected chi connectivity index (χ2v) is 3.69. The summed E-state index contributed by atoms with van der Waals surface area (Å²) in [6.45, 7) is 1.64. The molecule has 0 spiro atoms. The van der Waals surface area contributed by atoms with Gasteiger partial charge in [0.15, 0.2) is 0 Å². The van der Waals surface area contributed by atoms with Crippen molar-refractivity contribution >= 4 is 5.97 Å². The van der Waals surface area contributed by atoms with Crippen LogP contribution in [0.5, 0.6) is 0 Å². The molecule has 0 aromatic heterocycles. The molecule has 0 aliphatic carbocycles. The summed E-state index contributed by atoms with van der Waals surface area (Å²) >= 11 is 0. The van der Waals surface area contributed by atoms with Crippen molar-refractivity contribution in [3.05, 3.63) is 23.8 Å². The Balaban J connectivity index is 2.28. The number of hydrogen-bond donors (Lipinski definition) is 1. The van der Waals surface area contributed by atoms with E-state index in [9.17, 15) is 4.79 Å². The molecule has 0 bridgehead atoms. The summed E-state index contributed by atoms with van der Waals surface area (Å²) in [5.41, 5.74) is 0.691. The van der Waals surface area contributed by atoms with Gasteiger partial charge in [0.1, 0.15) is 12.7 Å². The van der Waals surface area contributed by atoms with E-state index in [1.54, 1.807) is 0 Å². The Bertz CT molecular complexity index is 562. The monoisotopic (exact) mass is 254 g/mol. The second kappa shape index (κ2) is 8.65. The molecule has 19 heavy (non-hydrogen) atoms. The summed E-state index contributed by atoms with van der Waals surface area (Å²) in [4.78, 5) is 11.3. The van der Waals surface area contributed by atoms with Crippen LogP contribution in [-0.4, -0.2) is 23.8 Å². The van der Waals surface area contributed by atoms with Crippen LogP contribution < -0.4 is 0 Å². The van der Waals surface area contributed by atoms with E-state index in [1.165, 1.54) is 0 Å². The molecule has 0 fully saturated rings. The SMILES string of the molecule is C[C@H]1C=C(C/C=C\CC#CC#CC#CCO)C(=O)O1. The van der Waals surface area contributed by atoms with E-state index in [2.05, 4.69) is 35.5 Å². The molecule has 1 N–H and O–H groups in total. The topological polar surface area (TPSA) is 46.5 Å². The molecule has 0 aromatic carbocycles. The Morgan fingerprint density at radius 2 is 2.00 bits per heavy atom. The van der Waals surface area contributed by atoms with E-state index in [0.717, 1.165) is 0 Å². The third kappa shape index (κ3) is 6.18. The van der Waals surface area contributed by atoms with Crippen LogP contribution >= 0.6 is 0 Å². The van der Waals surface area contributed by atoms with Crippen LogP contribution in [0.15, 0.2) is 23.8 Å². The van der Waals surface area contributed by atoms with E-state index in [0.29, 0.717) is 18.4 Å². The van der Waals surface area contributed by atoms with Crippen LogP contribution in [0.2, 0.25) is 0 Å². The zero-order valence-corrected chi connectivity index (χ0v) is 10.7. The molecule has 0 saturated carbocycles. The number of hydrogen-bond acceptors (Lipinski definition) is 3. The lowest BCUT2D eigenvalue weighted by atomic mass is 10.1. The highest BCUT2D eigenvalue weighted by Crippen LogP contribution is 2.16. The predicted octanol–water partition coefficient (Wildman–Crippen LogP) is 1.20. The lowest BCUT2D eigenvalue weighted by Crippen LogP contribution is -2.03. The zero-order chi connectivity index (χ0) is 13.9. The van der Waals surface area contributed by atoms with E-state index < -0.39 is 0 Å². The zero-order valence-electron chi connectivity index (χ0n) is 10.7. The van der Waals surface area contributed by atoms with Crippen molar-refractivity contribution in [1.29, 1.82) is 0 Å². The minimum Gasteiger partial charge on any atom is -0.455 e. The lowest BCUT2D eigenvalue weighted by molar-refractivity contribution is -0.139. The van der Waals surface area contributed by atoms with Gasteiger partial charge < -0.3 is 9.84 Å². The molecule has 0 saturated heterocycles. The average Bonchev–Trinajstić information content (AvgIpc) is 2.70. The summed E-state index contributed by atoms with van der Waals surface area (Å²) in [6.07, 6.45) is 6.61. The van der Waals surface area contributed by atoms with Crippen molar-refractivity contribution in [1.82, 2.24) is 0 Å².